The topological polar surface area (TPSA) is 83.2 Å². The zero-order valence-corrected chi connectivity index (χ0v) is 16.4. The first-order valence-corrected chi connectivity index (χ1v) is 9.94. The minimum Gasteiger partial charge on any atom is -0.503 e. The van der Waals surface area contributed by atoms with Crippen LogP contribution in [0, 0.1) is 5.82 Å². The first kappa shape index (κ1) is 20.3. The highest BCUT2D eigenvalue weighted by molar-refractivity contribution is 6.14. The summed E-state index contributed by atoms with van der Waals surface area (Å²) in [7, 11) is 0. The molecule has 1 aromatic heterocycles. The van der Waals surface area contributed by atoms with Gasteiger partial charge in [0, 0.05) is 26.2 Å². The summed E-state index contributed by atoms with van der Waals surface area (Å²) in [5, 5.41) is 10.6. The van der Waals surface area contributed by atoms with Crippen molar-refractivity contribution in [3.63, 3.8) is 0 Å². The van der Waals surface area contributed by atoms with Crippen LogP contribution in [-0.2, 0) is 9.53 Å². The quantitative estimate of drug-likeness (QED) is 0.702. The average molecular weight is 414 g/mol. The fourth-order valence-corrected chi connectivity index (χ4v) is 3.94. The van der Waals surface area contributed by atoms with E-state index in [9.17, 15) is 19.1 Å². The van der Waals surface area contributed by atoms with Crippen molar-refractivity contribution in [2.45, 2.75) is 12.5 Å². The first-order chi connectivity index (χ1) is 14.6. The maximum absolute atomic E-state index is 13.5. The van der Waals surface area contributed by atoms with Crippen molar-refractivity contribution >= 4 is 11.7 Å². The number of nitrogens with zero attached hydrogens (tertiary/aromatic N) is 2. The van der Waals surface area contributed by atoms with E-state index in [1.807, 2.05) is 0 Å². The molecule has 0 bridgehead atoms. The Morgan fingerprint density at radius 3 is 2.53 bits per heavy atom. The number of aliphatic hydroxyl groups is 1. The third kappa shape index (κ3) is 4.01. The molecule has 8 heteroatoms. The summed E-state index contributed by atoms with van der Waals surface area (Å²) in [6, 6.07) is 7.84. The number of ketones is 1. The molecule has 7 nitrogen and oxygen atoms in total. The Morgan fingerprint density at radius 1 is 1.13 bits per heavy atom. The Hall–Kier alpha value is -2.97. The molecule has 1 aromatic carbocycles. The van der Waals surface area contributed by atoms with Gasteiger partial charge >= 0.3 is 0 Å². The molecule has 1 fully saturated rings. The van der Waals surface area contributed by atoms with E-state index in [4.69, 9.17) is 9.15 Å². The minimum absolute atomic E-state index is 0.0339. The largest absolute Gasteiger partial charge is 0.503 e. The monoisotopic (exact) mass is 414 g/mol. The number of amides is 1. The molecule has 4 rings (SSSR count). The summed E-state index contributed by atoms with van der Waals surface area (Å²) in [6.45, 7) is 4.15. The van der Waals surface area contributed by atoms with Crippen molar-refractivity contribution in [3.05, 3.63) is 71.1 Å². The highest BCUT2D eigenvalue weighted by Gasteiger charge is 2.44. The number of benzene rings is 1. The van der Waals surface area contributed by atoms with Crippen molar-refractivity contribution in [3.8, 4) is 0 Å². The molecule has 0 aliphatic carbocycles. The number of ether oxygens (including phenoxy) is 1. The van der Waals surface area contributed by atoms with Crippen LogP contribution in [0.1, 0.15) is 28.6 Å². The molecule has 2 aromatic rings. The van der Waals surface area contributed by atoms with Crippen molar-refractivity contribution in [1.29, 1.82) is 0 Å². The second kappa shape index (κ2) is 8.81. The third-order valence-corrected chi connectivity index (χ3v) is 5.46. The van der Waals surface area contributed by atoms with Crippen LogP contribution in [0.25, 0.3) is 0 Å². The van der Waals surface area contributed by atoms with E-state index in [1.54, 1.807) is 6.07 Å². The van der Waals surface area contributed by atoms with Gasteiger partial charge < -0.3 is 19.2 Å². The second-order valence-corrected chi connectivity index (χ2v) is 7.33. The molecular formula is C22H23FN2O5. The lowest BCUT2D eigenvalue weighted by Crippen LogP contribution is -2.39. The van der Waals surface area contributed by atoms with Gasteiger partial charge in [-0.1, -0.05) is 12.1 Å². The maximum atomic E-state index is 13.5. The van der Waals surface area contributed by atoms with Crippen molar-refractivity contribution in [2.75, 3.05) is 39.4 Å². The van der Waals surface area contributed by atoms with E-state index in [2.05, 4.69) is 4.90 Å². The summed E-state index contributed by atoms with van der Waals surface area (Å²) < 4.78 is 24.0. The molecule has 2 aliphatic rings. The fraction of sp³-hybridized carbons (Fsp3) is 0.364. The number of hydrogen-bond acceptors (Lipinski definition) is 6. The molecule has 1 N–H and O–H groups in total. The number of hydrogen-bond donors (Lipinski definition) is 1. The zero-order chi connectivity index (χ0) is 21.1. The molecule has 1 atom stereocenters. The zero-order valence-electron chi connectivity index (χ0n) is 16.4. The van der Waals surface area contributed by atoms with Gasteiger partial charge in [0.2, 0.25) is 5.78 Å². The van der Waals surface area contributed by atoms with Crippen molar-refractivity contribution in [1.82, 2.24) is 9.80 Å². The molecule has 2 aliphatic heterocycles. The van der Waals surface area contributed by atoms with Crippen LogP contribution in [-0.4, -0.2) is 66.0 Å². The lowest BCUT2D eigenvalue weighted by molar-refractivity contribution is -0.129. The van der Waals surface area contributed by atoms with Crippen LogP contribution >= 0.6 is 0 Å². The summed E-state index contributed by atoms with van der Waals surface area (Å²) in [6.07, 6.45) is 2.02. The van der Waals surface area contributed by atoms with Gasteiger partial charge in [-0.05, 0) is 36.2 Å². The highest BCUT2D eigenvalue weighted by atomic mass is 19.1. The molecule has 3 heterocycles. The van der Waals surface area contributed by atoms with Crippen molar-refractivity contribution < 1.29 is 28.2 Å². The normalized spacial score (nSPS) is 20.2. The number of morpholine rings is 1. The van der Waals surface area contributed by atoms with Gasteiger partial charge in [-0.2, -0.15) is 0 Å². The molecule has 1 unspecified atom stereocenters. The van der Waals surface area contributed by atoms with Gasteiger partial charge in [0.25, 0.3) is 5.91 Å². The Kier molecular flexibility index (Phi) is 5.96. The van der Waals surface area contributed by atoms with Crippen molar-refractivity contribution in [2.24, 2.45) is 0 Å². The SMILES string of the molecule is O=C(C1=C(O)C(=O)N(CCCN2CCOCC2)C1c1ccc(F)cc1)c1ccco1. The van der Waals surface area contributed by atoms with E-state index in [-0.39, 0.29) is 11.3 Å². The predicted octanol–water partition coefficient (Wildman–Crippen LogP) is 2.72. The van der Waals surface area contributed by atoms with E-state index in [1.165, 1.54) is 41.5 Å². The number of carbonyl (C=O) groups excluding carboxylic acids is 2. The Balaban J connectivity index is 1.59. The van der Waals surface area contributed by atoms with E-state index in [0.717, 1.165) is 19.6 Å². The molecule has 1 amide bonds. The molecule has 1 saturated heterocycles. The van der Waals surface area contributed by atoms with Crippen LogP contribution < -0.4 is 0 Å². The Morgan fingerprint density at radius 2 is 1.87 bits per heavy atom. The Labute approximate surface area is 173 Å². The van der Waals surface area contributed by atoms with Gasteiger partial charge in [-0.15, -0.1) is 0 Å². The van der Waals surface area contributed by atoms with Crippen LogP contribution in [0.2, 0.25) is 0 Å². The number of carbonyl (C=O) groups is 2. The number of furan rings is 1. The van der Waals surface area contributed by atoms with Crippen LogP contribution in [0.4, 0.5) is 4.39 Å². The average Bonchev–Trinajstić information content (AvgIpc) is 3.38. The first-order valence-electron chi connectivity index (χ1n) is 9.94. The van der Waals surface area contributed by atoms with Gasteiger partial charge in [-0.3, -0.25) is 14.5 Å². The molecule has 0 radical (unpaired) electrons. The molecule has 0 spiro atoms. The van der Waals surface area contributed by atoms with Crippen LogP contribution in [0.3, 0.4) is 0 Å². The summed E-state index contributed by atoms with van der Waals surface area (Å²) in [5.41, 5.74) is 0.503. The lowest BCUT2D eigenvalue weighted by atomic mass is 9.95. The van der Waals surface area contributed by atoms with Crippen LogP contribution in [0.5, 0.6) is 0 Å². The number of rotatable bonds is 7. The summed E-state index contributed by atoms with van der Waals surface area (Å²) in [4.78, 5) is 29.6. The smallest absolute Gasteiger partial charge is 0.290 e. The second-order valence-electron chi connectivity index (χ2n) is 7.33. The maximum Gasteiger partial charge on any atom is 0.290 e. The molecule has 158 valence electrons. The number of aliphatic hydroxyl groups excluding tert-OH is 1. The highest BCUT2D eigenvalue weighted by Crippen LogP contribution is 2.39. The van der Waals surface area contributed by atoms with Gasteiger partial charge in [0.1, 0.15) is 5.82 Å². The van der Waals surface area contributed by atoms with E-state index < -0.39 is 29.3 Å². The molecule has 30 heavy (non-hydrogen) atoms. The van der Waals surface area contributed by atoms with Gasteiger partial charge in [0.05, 0.1) is 31.1 Å². The minimum atomic E-state index is -0.805. The van der Waals surface area contributed by atoms with E-state index in [0.29, 0.717) is 31.7 Å². The number of Topliss-reactive ketones (excluding diaryl/α,β-unsaturated/α-hetero) is 1. The Bertz CT molecular complexity index is 933. The van der Waals surface area contributed by atoms with Gasteiger partial charge in [-0.25, -0.2) is 4.39 Å². The summed E-state index contributed by atoms with van der Waals surface area (Å²) >= 11 is 0. The third-order valence-electron chi connectivity index (χ3n) is 5.46. The van der Waals surface area contributed by atoms with Gasteiger partial charge in [0.15, 0.2) is 11.5 Å². The molecular weight excluding hydrogens is 391 g/mol. The standard InChI is InChI=1S/C22H23FN2O5/c23-16-6-4-15(5-7-16)19-18(20(26)17-3-1-12-30-17)21(27)22(28)25(19)9-2-8-24-10-13-29-14-11-24/h1,3-7,12,19,27H,2,8-11,13-14H2. The summed E-state index contributed by atoms with van der Waals surface area (Å²) in [5.74, 6) is -2.14. The fourth-order valence-electron chi connectivity index (χ4n) is 3.94. The molecule has 0 saturated carbocycles. The van der Waals surface area contributed by atoms with Crippen LogP contribution in [0.15, 0.2) is 58.4 Å². The predicted molar refractivity (Wildman–Crippen MR) is 105 cm³/mol. The lowest BCUT2D eigenvalue weighted by Gasteiger charge is -2.29. The van der Waals surface area contributed by atoms with E-state index >= 15 is 0 Å². The number of halogens is 1.